The Balaban J connectivity index is 2.30. The first-order valence-electron chi connectivity index (χ1n) is 7.21. The van der Waals surface area contributed by atoms with Crippen molar-refractivity contribution in [3.05, 3.63) is 35.9 Å². The molecule has 0 spiro atoms. The van der Waals surface area contributed by atoms with Crippen LogP contribution < -0.4 is 0 Å². The van der Waals surface area contributed by atoms with Gasteiger partial charge < -0.3 is 5.11 Å². The van der Waals surface area contributed by atoms with Crippen LogP contribution in [0.1, 0.15) is 50.1 Å². The normalized spacial score (nSPS) is 17.4. The first-order valence-corrected chi connectivity index (χ1v) is 7.21. The van der Waals surface area contributed by atoms with Crippen LogP contribution in [0.5, 0.6) is 0 Å². The molecule has 1 atom stereocenters. The van der Waals surface area contributed by atoms with Crippen molar-refractivity contribution in [1.29, 1.82) is 0 Å². The van der Waals surface area contributed by atoms with Gasteiger partial charge in [0.1, 0.15) is 0 Å². The monoisotopic (exact) mass is 289 g/mol. The highest BCUT2D eigenvalue weighted by molar-refractivity contribution is 5.96. The van der Waals surface area contributed by atoms with Crippen molar-refractivity contribution >= 4 is 17.8 Å². The number of rotatable bonds is 5. The Morgan fingerprint density at radius 3 is 2.19 bits per heavy atom. The first-order chi connectivity index (χ1) is 10.1. The van der Waals surface area contributed by atoms with Crippen molar-refractivity contribution in [3.63, 3.8) is 0 Å². The Morgan fingerprint density at radius 2 is 1.67 bits per heavy atom. The van der Waals surface area contributed by atoms with Gasteiger partial charge in [0.2, 0.25) is 11.8 Å². The van der Waals surface area contributed by atoms with E-state index in [2.05, 4.69) is 0 Å². The average molecular weight is 289 g/mol. The van der Waals surface area contributed by atoms with E-state index in [1.54, 1.807) is 0 Å². The Hall–Kier alpha value is -2.17. The summed E-state index contributed by atoms with van der Waals surface area (Å²) >= 11 is 0. The van der Waals surface area contributed by atoms with Gasteiger partial charge in [-0.3, -0.25) is 19.3 Å². The SMILES string of the molecule is O=C(O)CCC(c1ccccc1)N1C(=O)CCCCC1=O. The average Bonchev–Trinajstić information content (AvgIpc) is 2.63. The Kier molecular flexibility index (Phi) is 5.09. The third-order valence-corrected chi connectivity index (χ3v) is 3.70. The molecule has 5 heteroatoms. The Labute approximate surface area is 123 Å². The third kappa shape index (κ3) is 3.90. The molecule has 0 aromatic heterocycles. The molecule has 1 heterocycles. The molecule has 0 bridgehead atoms. The molecule has 1 aromatic rings. The lowest BCUT2D eigenvalue weighted by Crippen LogP contribution is -2.38. The van der Waals surface area contributed by atoms with Crippen LogP contribution in [-0.2, 0) is 14.4 Å². The quantitative estimate of drug-likeness (QED) is 0.845. The number of carboxylic acids is 1. The van der Waals surface area contributed by atoms with Crippen LogP contribution in [0, 0.1) is 0 Å². The standard InChI is InChI=1S/C16H19NO4/c18-14-8-4-5-9-15(19)17(14)13(10-11-16(20)21)12-6-2-1-3-7-12/h1-3,6-7,13H,4-5,8-11H2,(H,20,21). The first kappa shape index (κ1) is 15.2. The van der Waals surface area contributed by atoms with Crippen molar-refractivity contribution in [2.45, 2.75) is 44.6 Å². The number of aliphatic carboxylic acids is 1. The zero-order chi connectivity index (χ0) is 15.2. The lowest BCUT2D eigenvalue weighted by Gasteiger charge is -2.29. The van der Waals surface area contributed by atoms with Crippen LogP contribution in [-0.4, -0.2) is 27.8 Å². The second-order valence-electron chi connectivity index (χ2n) is 5.22. The zero-order valence-corrected chi connectivity index (χ0v) is 11.8. The predicted molar refractivity (Wildman–Crippen MR) is 76.4 cm³/mol. The number of nitrogens with zero attached hydrogens (tertiary/aromatic N) is 1. The van der Waals surface area contributed by atoms with Crippen molar-refractivity contribution in [2.24, 2.45) is 0 Å². The largest absolute Gasteiger partial charge is 0.481 e. The summed E-state index contributed by atoms with van der Waals surface area (Å²) in [5, 5.41) is 8.91. The number of carbonyl (C=O) groups is 3. The van der Waals surface area contributed by atoms with Gasteiger partial charge in [0.05, 0.1) is 6.04 Å². The van der Waals surface area contributed by atoms with E-state index in [0.717, 1.165) is 5.56 Å². The fourth-order valence-corrected chi connectivity index (χ4v) is 2.66. The molecule has 21 heavy (non-hydrogen) atoms. The highest BCUT2D eigenvalue weighted by atomic mass is 16.4. The van der Waals surface area contributed by atoms with Crippen LogP contribution in [0.4, 0.5) is 0 Å². The second-order valence-corrected chi connectivity index (χ2v) is 5.22. The molecule has 0 aliphatic carbocycles. The summed E-state index contributed by atoms with van der Waals surface area (Å²) in [4.78, 5) is 36.6. The van der Waals surface area contributed by atoms with Gasteiger partial charge in [-0.2, -0.15) is 0 Å². The van der Waals surface area contributed by atoms with Gasteiger partial charge >= 0.3 is 5.97 Å². The number of amides is 2. The maximum absolute atomic E-state index is 12.2. The fraction of sp³-hybridized carbons (Fsp3) is 0.438. The minimum absolute atomic E-state index is 0.0728. The number of imide groups is 1. The number of likely N-dealkylation sites (tertiary alicyclic amines) is 1. The molecule has 5 nitrogen and oxygen atoms in total. The van der Waals surface area contributed by atoms with Crippen molar-refractivity contribution in [1.82, 2.24) is 4.90 Å². The van der Waals surface area contributed by atoms with E-state index in [1.807, 2.05) is 30.3 Å². The smallest absolute Gasteiger partial charge is 0.303 e. The summed E-state index contributed by atoms with van der Waals surface area (Å²) in [5.41, 5.74) is 0.808. The number of carboxylic acid groups (broad SMARTS) is 1. The summed E-state index contributed by atoms with van der Waals surface area (Å²) in [6.45, 7) is 0. The number of hydrogen-bond donors (Lipinski definition) is 1. The highest BCUT2D eigenvalue weighted by Crippen LogP contribution is 2.29. The molecular formula is C16H19NO4. The molecule has 112 valence electrons. The lowest BCUT2D eigenvalue weighted by molar-refractivity contribution is -0.148. The molecule has 2 amide bonds. The van der Waals surface area contributed by atoms with E-state index in [0.29, 0.717) is 25.7 Å². The summed E-state index contributed by atoms with van der Waals surface area (Å²) in [7, 11) is 0. The zero-order valence-electron chi connectivity index (χ0n) is 11.8. The second kappa shape index (κ2) is 7.02. The molecule has 0 saturated carbocycles. The van der Waals surface area contributed by atoms with Gasteiger partial charge in [-0.15, -0.1) is 0 Å². The van der Waals surface area contributed by atoms with E-state index in [1.165, 1.54) is 4.90 Å². The number of carbonyl (C=O) groups excluding carboxylic acids is 2. The van der Waals surface area contributed by atoms with Crippen LogP contribution in [0.25, 0.3) is 0 Å². The van der Waals surface area contributed by atoms with Gasteiger partial charge in [-0.1, -0.05) is 30.3 Å². The molecule has 1 fully saturated rings. The van der Waals surface area contributed by atoms with Gasteiger partial charge in [0, 0.05) is 19.3 Å². The maximum Gasteiger partial charge on any atom is 0.303 e. The van der Waals surface area contributed by atoms with Gasteiger partial charge in [0.25, 0.3) is 0 Å². The molecular weight excluding hydrogens is 270 g/mol. The Morgan fingerprint density at radius 1 is 1.10 bits per heavy atom. The number of hydrogen-bond acceptors (Lipinski definition) is 3. The van der Waals surface area contributed by atoms with Crippen molar-refractivity contribution < 1.29 is 19.5 Å². The third-order valence-electron chi connectivity index (χ3n) is 3.70. The molecule has 0 radical (unpaired) electrons. The molecule has 2 rings (SSSR count). The topological polar surface area (TPSA) is 74.7 Å². The van der Waals surface area contributed by atoms with Crippen LogP contribution >= 0.6 is 0 Å². The van der Waals surface area contributed by atoms with E-state index >= 15 is 0 Å². The summed E-state index contributed by atoms with van der Waals surface area (Å²) in [6.07, 6.45) is 2.29. The maximum atomic E-state index is 12.2. The lowest BCUT2D eigenvalue weighted by atomic mass is 9.99. The van der Waals surface area contributed by atoms with Gasteiger partial charge in [0.15, 0.2) is 0 Å². The molecule has 1 saturated heterocycles. The minimum Gasteiger partial charge on any atom is -0.481 e. The summed E-state index contributed by atoms with van der Waals surface area (Å²) in [6, 6.07) is 8.69. The van der Waals surface area contributed by atoms with Crippen molar-refractivity contribution in [3.8, 4) is 0 Å². The molecule has 1 unspecified atom stereocenters. The van der Waals surface area contributed by atoms with Gasteiger partial charge in [-0.25, -0.2) is 0 Å². The fourth-order valence-electron chi connectivity index (χ4n) is 2.66. The summed E-state index contributed by atoms with van der Waals surface area (Å²) < 4.78 is 0. The van der Waals surface area contributed by atoms with Gasteiger partial charge in [-0.05, 0) is 24.8 Å². The van der Waals surface area contributed by atoms with Crippen LogP contribution in [0.3, 0.4) is 0 Å². The van der Waals surface area contributed by atoms with E-state index in [-0.39, 0.29) is 24.7 Å². The highest BCUT2D eigenvalue weighted by Gasteiger charge is 2.32. The molecule has 1 aliphatic heterocycles. The van der Waals surface area contributed by atoms with E-state index < -0.39 is 12.0 Å². The Bertz CT molecular complexity index is 508. The van der Waals surface area contributed by atoms with Crippen molar-refractivity contribution in [2.75, 3.05) is 0 Å². The predicted octanol–water partition coefficient (Wildman–Crippen LogP) is 2.52. The van der Waals surface area contributed by atoms with E-state index in [9.17, 15) is 14.4 Å². The minimum atomic E-state index is -0.925. The molecule has 1 aromatic carbocycles. The number of benzene rings is 1. The van der Waals surface area contributed by atoms with Crippen LogP contribution in [0.15, 0.2) is 30.3 Å². The molecule has 1 N–H and O–H groups in total. The molecule has 1 aliphatic rings. The summed E-state index contributed by atoms with van der Waals surface area (Å²) in [5.74, 6) is -1.32. The van der Waals surface area contributed by atoms with E-state index in [4.69, 9.17) is 5.11 Å². The van der Waals surface area contributed by atoms with Crippen LogP contribution in [0.2, 0.25) is 0 Å².